The largest absolute Gasteiger partial charge is 0.375 e. The minimum atomic E-state index is -0.163. The van der Waals surface area contributed by atoms with Crippen LogP contribution in [0.5, 0.6) is 0 Å². The normalized spacial score (nSPS) is 52.4. The van der Waals surface area contributed by atoms with Crippen molar-refractivity contribution < 1.29 is 33.2 Å². The Balaban J connectivity index is 1.08. The van der Waals surface area contributed by atoms with Gasteiger partial charge < -0.3 is 33.2 Å². The number of hydrogen-bond donors (Lipinski definition) is 0. The Kier molecular flexibility index (Phi) is 8.33. The minimum Gasteiger partial charge on any atom is -0.375 e. The van der Waals surface area contributed by atoms with Crippen LogP contribution in [0.2, 0.25) is 0 Å². The summed E-state index contributed by atoms with van der Waals surface area (Å²) in [5.41, 5.74) is 0. The Morgan fingerprint density at radius 1 is 0.500 bits per heavy atom. The molecule has 0 aliphatic carbocycles. The van der Waals surface area contributed by atoms with Gasteiger partial charge in [0.25, 0.3) is 0 Å². The first-order chi connectivity index (χ1) is 19.6. The molecular formula is C33H46O7. The molecule has 0 N–H and O–H groups in total. The van der Waals surface area contributed by atoms with Crippen molar-refractivity contribution in [1.29, 1.82) is 0 Å². The van der Waals surface area contributed by atoms with Crippen molar-refractivity contribution in [3.05, 3.63) is 48.6 Å². The molecule has 0 radical (unpaired) electrons. The first kappa shape index (κ1) is 27.5. The molecule has 7 heteroatoms. The minimum absolute atomic E-state index is 0.00486. The fourth-order valence-electron chi connectivity index (χ4n) is 7.75. The van der Waals surface area contributed by atoms with E-state index in [1.165, 1.54) is 0 Å². The van der Waals surface area contributed by atoms with Gasteiger partial charge in [0, 0.05) is 18.9 Å². The average Bonchev–Trinajstić information content (AvgIpc) is 3.32. The third-order valence-corrected chi connectivity index (χ3v) is 10.0. The van der Waals surface area contributed by atoms with Crippen LogP contribution in [0.1, 0.15) is 58.8 Å². The van der Waals surface area contributed by atoms with E-state index in [1.807, 2.05) is 0 Å². The summed E-state index contributed by atoms with van der Waals surface area (Å²) in [4.78, 5) is 0. The van der Waals surface area contributed by atoms with Crippen molar-refractivity contribution in [3.63, 3.8) is 0 Å². The molecular weight excluding hydrogens is 508 g/mol. The molecule has 0 unspecified atom stereocenters. The predicted molar refractivity (Wildman–Crippen MR) is 150 cm³/mol. The van der Waals surface area contributed by atoms with E-state index in [0.717, 1.165) is 51.6 Å². The van der Waals surface area contributed by atoms with Crippen LogP contribution < -0.4 is 0 Å². The smallest absolute Gasteiger partial charge is 0.103 e. The molecule has 0 bridgehead atoms. The monoisotopic (exact) mass is 554 g/mol. The molecule has 0 aromatic carbocycles. The van der Waals surface area contributed by atoms with Crippen LogP contribution >= 0.6 is 0 Å². The third-order valence-electron chi connectivity index (χ3n) is 10.0. The summed E-state index contributed by atoms with van der Waals surface area (Å²) in [7, 11) is 0. The van der Waals surface area contributed by atoms with Crippen molar-refractivity contribution in [2.75, 3.05) is 13.2 Å². The molecule has 7 heterocycles. The molecule has 0 aromatic rings. The molecule has 3 fully saturated rings. The molecule has 0 spiro atoms. The molecule has 7 nitrogen and oxygen atoms in total. The SMILES string of the molecule is C[C@H]1CCO[C@H]2C/C=C\C[C@H]3O[C@H]4C=C[C@H]5O[C@H]6[C@H](C)[C@H]7OCC=CC[C@@H]7O[C@@H]6C[C@@H]5O[C@@H]4C/C=C\[C@@H]3O[C@@H]2C1. The highest BCUT2D eigenvalue weighted by molar-refractivity contribution is 5.12. The third kappa shape index (κ3) is 5.68. The first-order valence-electron chi connectivity index (χ1n) is 15.8. The van der Waals surface area contributed by atoms with E-state index < -0.39 is 0 Å². The Labute approximate surface area is 238 Å². The Morgan fingerprint density at radius 2 is 1.18 bits per heavy atom. The predicted octanol–water partition coefficient (Wildman–Crippen LogP) is 4.85. The van der Waals surface area contributed by atoms with Gasteiger partial charge in [-0.15, -0.1) is 0 Å². The number of hydrogen-bond acceptors (Lipinski definition) is 7. The average molecular weight is 555 g/mol. The molecule has 0 aromatic heterocycles. The van der Waals surface area contributed by atoms with Gasteiger partial charge in [0.2, 0.25) is 0 Å². The molecule has 3 saturated heterocycles. The van der Waals surface area contributed by atoms with Gasteiger partial charge in [0.15, 0.2) is 0 Å². The fourth-order valence-corrected chi connectivity index (χ4v) is 7.75. The van der Waals surface area contributed by atoms with Gasteiger partial charge in [-0.1, -0.05) is 62.5 Å². The van der Waals surface area contributed by atoms with E-state index in [0.29, 0.717) is 12.5 Å². The summed E-state index contributed by atoms with van der Waals surface area (Å²) < 4.78 is 46.2. The zero-order valence-corrected chi connectivity index (χ0v) is 23.9. The number of fused-ring (bicyclic) bond motifs is 6. The number of rotatable bonds is 0. The molecule has 7 aliphatic heterocycles. The lowest BCUT2D eigenvalue weighted by molar-refractivity contribution is -0.271. The summed E-state index contributed by atoms with van der Waals surface area (Å²) >= 11 is 0. The Hall–Kier alpha value is -1.32. The van der Waals surface area contributed by atoms with Gasteiger partial charge in [-0.05, 0) is 44.4 Å². The lowest BCUT2D eigenvalue weighted by Gasteiger charge is -2.50. The van der Waals surface area contributed by atoms with Gasteiger partial charge in [0.1, 0.15) is 18.3 Å². The van der Waals surface area contributed by atoms with Crippen LogP contribution in [0.15, 0.2) is 48.6 Å². The summed E-state index contributed by atoms with van der Waals surface area (Å²) in [6.07, 6.45) is 23.6. The van der Waals surface area contributed by atoms with E-state index in [1.54, 1.807) is 0 Å². The lowest BCUT2D eigenvalue weighted by Crippen LogP contribution is -2.60. The van der Waals surface area contributed by atoms with Crippen LogP contribution in [0.25, 0.3) is 0 Å². The topological polar surface area (TPSA) is 64.6 Å². The Bertz CT molecular complexity index is 991. The molecule has 7 aliphatic rings. The number of ether oxygens (including phenoxy) is 7. The van der Waals surface area contributed by atoms with Crippen molar-refractivity contribution in [1.82, 2.24) is 0 Å². The maximum Gasteiger partial charge on any atom is 0.103 e. The van der Waals surface area contributed by atoms with Crippen molar-refractivity contribution >= 4 is 0 Å². The summed E-state index contributed by atoms with van der Waals surface area (Å²) in [6.45, 7) is 6.01. The van der Waals surface area contributed by atoms with E-state index in [9.17, 15) is 0 Å². The lowest BCUT2D eigenvalue weighted by atomic mass is 9.82. The maximum absolute atomic E-state index is 6.85. The van der Waals surface area contributed by atoms with Gasteiger partial charge in [-0.3, -0.25) is 0 Å². The van der Waals surface area contributed by atoms with E-state index in [-0.39, 0.29) is 79.2 Å². The van der Waals surface area contributed by atoms with Crippen molar-refractivity contribution in [2.24, 2.45) is 11.8 Å². The van der Waals surface area contributed by atoms with Crippen LogP contribution in [0, 0.1) is 11.8 Å². The first-order valence-corrected chi connectivity index (χ1v) is 15.8. The molecule has 40 heavy (non-hydrogen) atoms. The van der Waals surface area contributed by atoms with Crippen molar-refractivity contribution in [2.45, 2.75) is 132 Å². The van der Waals surface area contributed by atoms with Gasteiger partial charge in [-0.25, -0.2) is 0 Å². The summed E-state index contributed by atoms with van der Waals surface area (Å²) in [5.74, 6) is 0.853. The van der Waals surface area contributed by atoms with Gasteiger partial charge >= 0.3 is 0 Å². The molecule has 0 amide bonds. The molecule has 220 valence electrons. The molecule has 7 rings (SSSR count). The summed E-state index contributed by atoms with van der Waals surface area (Å²) in [6, 6.07) is 0. The van der Waals surface area contributed by atoms with Crippen molar-refractivity contribution in [3.8, 4) is 0 Å². The Morgan fingerprint density at radius 3 is 2.08 bits per heavy atom. The standard InChI is InChI=1S/C33H46O7/c1-20-15-17-34-22-8-3-4-9-23-24(37-29(22)18-20)11-7-12-25-26(36-23)13-14-27-30(38-25)19-31-33(40-27)21(2)32-28(39-31)10-5-6-16-35-32/h3-7,11,13-14,20-33H,8-10,12,15-19H2,1-2H3/b4-3-,11-7-/t20-,21+,22-,23+,24-,25+,26-,27+,28-,29+,30-,31+,32+,33-/m0/s1. The highest BCUT2D eigenvalue weighted by Gasteiger charge is 2.51. The quantitative estimate of drug-likeness (QED) is 0.397. The molecule has 14 atom stereocenters. The zero-order valence-electron chi connectivity index (χ0n) is 23.9. The highest BCUT2D eigenvalue weighted by Crippen LogP contribution is 2.41. The van der Waals surface area contributed by atoms with Crippen LogP contribution in [-0.4, -0.2) is 86.5 Å². The second kappa shape index (κ2) is 12.1. The molecule has 0 saturated carbocycles. The van der Waals surface area contributed by atoms with Crippen LogP contribution in [0.3, 0.4) is 0 Å². The van der Waals surface area contributed by atoms with E-state index >= 15 is 0 Å². The van der Waals surface area contributed by atoms with E-state index in [4.69, 9.17) is 33.2 Å². The van der Waals surface area contributed by atoms with Crippen LogP contribution in [0.4, 0.5) is 0 Å². The van der Waals surface area contributed by atoms with Gasteiger partial charge in [0.05, 0.1) is 61.5 Å². The maximum atomic E-state index is 6.85. The van der Waals surface area contributed by atoms with Crippen LogP contribution in [-0.2, 0) is 33.2 Å². The second-order valence-electron chi connectivity index (χ2n) is 12.9. The fraction of sp³-hybridized carbons (Fsp3) is 0.758. The second-order valence-corrected chi connectivity index (χ2v) is 12.9. The highest BCUT2D eigenvalue weighted by atomic mass is 16.6. The van der Waals surface area contributed by atoms with Gasteiger partial charge in [-0.2, -0.15) is 0 Å². The zero-order chi connectivity index (χ0) is 27.1. The van der Waals surface area contributed by atoms with E-state index in [2.05, 4.69) is 62.5 Å². The summed E-state index contributed by atoms with van der Waals surface area (Å²) in [5, 5.41) is 0.